The second kappa shape index (κ2) is 5.73. The second-order valence-electron chi connectivity index (χ2n) is 5.29. The summed E-state index contributed by atoms with van der Waals surface area (Å²) < 4.78 is 5.61. The first-order chi connectivity index (χ1) is 10.1. The molecule has 2 aromatic rings. The lowest BCUT2D eigenvalue weighted by atomic mass is 10.2. The third-order valence-corrected chi connectivity index (χ3v) is 4.44. The number of thiazole rings is 1. The molecule has 6 nitrogen and oxygen atoms in total. The molecule has 0 radical (unpaired) electrons. The predicted molar refractivity (Wildman–Crippen MR) is 78.5 cm³/mol. The fraction of sp³-hybridized carbons (Fsp3) is 0.538. The summed E-state index contributed by atoms with van der Waals surface area (Å²) >= 11 is 7.05. The molecular formula is C13H15ClN4O2S. The number of aromatic nitrogens is 3. The molecule has 3 rings (SSSR count). The number of hydrogen-bond donors (Lipinski definition) is 0. The van der Waals surface area contributed by atoms with Gasteiger partial charge in [-0.1, -0.05) is 30.6 Å². The van der Waals surface area contributed by atoms with E-state index in [1.165, 1.54) is 11.3 Å². The maximum absolute atomic E-state index is 12.5. The van der Waals surface area contributed by atoms with E-state index in [1.54, 1.807) is 10.3 Å². The van der Waals surface area contributed by atoms with E-state index in [9.17, 15) is 4.79 Å². The van der Waals surface area contributed by atoms with Gasteiger partial charge in [-0.25, -0.2) is 4.98 Å². The topological polar surface area (TPSA) is 72.1 Å². The van der Waals surface area contributed by atoms with Crippen LogP contribution in [0.4, 0.5) is 0 Å². The second-order valence-corrected chi connectivity index (χ2v) is 6.73. The van der Waals surface area contributed by atoms with Crippen LogP contribution >= 0.6 is 22.9 Å². The van der Waals surface area contributed by atoms with Gasteiger partial charge in [0, 0.05) is 17.8 Å². The highest BCUT2D eigenvalue weighted by Gasteiger charge is 2.34. The number of nitrogens with zero attached hydrogens (tertiary/aromatic N) is 4. The van der Waals surface area contributed by atoms with Gasteiger partial charge in [0.1, 0.15) is 5.69 Å². The van der Waals surface area contributed by atoms with Crippen LogP contribution in [0.3, 0.4) is 0 Å². The van der Waals surface area contributed by atoms with Crippen LogP contribution in [-0.4, -0.2) is 32.5 Å². The summed E-state index contributed by atoms with van der Waals surface area (Å²) in [5.41, 5.74) is 0.379. The molecule has 0 aromatic carbocycles. The molecule has 0 aliphatic carbocycles. The predicted octanol–water partition coefficient (Wildman–Crippen LogP) is 3.28. The van der Waals surface area contributed by atoms with Crippen LogP contribution in [0.1, 0.15) is 60.9 Å². The number of halogens is 1. The van der Waals surface area contributed by atoms with Crippen molar-refractivity contribution in [2.45, 2.75) is 38.6 Å². The van der Waals surface area contributed by atoms with E-state index in [1.807, 2.05) is 13.8 Å². The Labute approximate surface area is 131 Å². The summed E-state index contributed by atoms with van der Waals surface area (Å²) in [5.74, 6) is 1.22. The number of hydrogen-bond acceptors (Lipinski definition) is 6. The van der Waals surface area contributed by atoms with Crippen LogP contribution in [0, 0.1) is 0 Å². The molecule has 112 valence electrons. The molecule has 1 amide bonds. The van der Waals surface area contributed by atoms with Crippen LogP contribution in [-0.2, 0) is 0 Å². The summed E-state index contributed by atoms with van der Waals surface area (Å²) in [6.45, 7) is 4.66. The molecule has 1 saturated heterocycles. The maximum Gasteiger partial charge on any atom is 0.274 e. The Bertz CT molecular complexity index is 654. The minimum absolute atomic E-state index is 0.128. The molecule has 0 spiro atoms. The van der Waals surface area contributed by atoms with Gasteiger partial charge in [0.2, 0.25) is 5.89 Å². The standard InChI is InChI=1S/C13H15ClN4O2S/c1-7(2)11-16-10(17-20-11)9-4-3-5-18(9)12(19)8-6-21-13(14)15-8/h6-7,9H,3-5H2,1-2H3/t9-/m1/s1. The zero-order chi connectivity index (χ0) is 15.0. The van der Waals surface area contributed by atoms with Gasteiger partial charge < -0.3 is 9.42 Å². The summed E-state index contributed by atoms with van der Waals surface area (Å²) in [4.78, 5) is 22.7. The van der Waals surface area contributed by atoms with Gasteiger partial charge >= 0.3 is 0 Å². The van der Waals surface area contributed by atoms with Crippen molar-refractivity contribution in [3.63, 3.8) is 0 Å². The van der Waals surface area contributed by atoms with E-state index in [0.717, 1.165) is 12.8 Å². The van der Waals surface area contributed by atoms with E-state index < -0.39 is 0 Å². The van der Waals surface area contributed by atoms with E-state index in [4.69, 9.17) is 16.1 Å². The van der Waals surface area contributed by atoms with E-state index in [2.05, 4.69) is 15.1 Å². The van der Waals surface area contributed by atoms with E-state index in [-0.39, 0.29) is 17.9 Å². The number of rotatable bonds is 3. The lowest BCUT2D eigenvalue weighted by Crippen LogP contribution is -2.31. The van der Waals surface area contributed by atoms with Crippen molar-refractivity contribution in [1.29, 1.82) is 0 Å². The van der Waals surface area contributed by atoms with Crippen LogP contribution < -0.4 is 0 Å². The number of amides is 1. The zero-order valence-corrected chi connectivity index (χ0v) is 13.3. The van der Waals surface area contributed by atoms with Crippen LogP contribution in [0.25, 0.3) is 0 Å². The third-order valence-electron chi connectivity index (χ3n) is 3.46. The molecule has 2 aromatic heterocycles. The normalized spacial score (nSPS) is 18.7. The Balaban J connectivity index is 1.83. The molecule has 1 aliphatic heterocycles. The Morgan fingerprint density at radius 1 is 1.52 bits per heavy atom. The van der Waals surface area contributed by atoms with Gasteiger partial charge in [0.05, 0.1) is 6.04 Å². The van der Waals surface area contributed by atoms with Crippen LogP contribution in [0.2, 0.25) is 4.47 Å². The number of likely N-dealkylation sites (tertiary alicyclic amines) is 1. The molecule has 1 aliphatic rings. The lowest BCUT2D eigenvalue weighted by molar-refractivity contribution is 0.0723. The largest absolute Gasteiger partial charge is 0.339 e. The Morgan fingerprint density at radius 2 is 2.33 bits per heavy atom. The summed E-state index contributed by atoms with van der Waals surface area (Å²) in [7, 11) is 0. The highest BCUT2D eigenvalue weighted by atomic mass is 35.5. The summed E-state index contributed by atoms with van der Waals surface area (Å²) in [6.07, 6.45) is 1.75. The first-order valence-corrected chi connectivity index (χ1v) is 8.07. The maximum atomic E-state index is 12.5. The van der Waals surface area contributed by atoms with Gasteiger partial charge in [0.25, 0.3) is 5.91 Å². The molecule has 0 saturated carbocycles. The Kier molecular flexibility index (Phi) is 3.95. The monoisotopic (exact) mass is 326 g/mol. The fourth-order valence-electron chi connectivity index (χ4n) is 2.39. The lowest BCUT2D eigenvalue weighted by Gasteiger charge is -2.21. The van der Waals surface area contributed by atoms with Gasteiger partial charge in [-0.2, -0.15) is 4.98 Å². The van der Waals surface area contributed by atoms with Gasteiger partial charge in [-0.05, 0) is 12.8 Å². The van der Waals surface area contributed by atoms with Crippen molar-refractivity contribution in [3.8, 4) is 0 Å². The van der Waals surface area contributed by atoms with Crippen LogP contribution in [0.5, 0.6) is 0 Å². The van der Waals surface area contributed by atoms with Crippen LogP contribution in [0.15, 0.2) is 9.90 Å². The highest BCUT2D eigenvalue weighted by molar-refractivity contribution is 7.14. The van der Waals surface area contributed by atoms with E-state index >= 15 is 0 Å². The molecule has 1 fully saturated rings. The third kappa shape index (κ3) is 2.80. The molecule has 0 unspecified atom stereocenters. The summed E-state index contributed by atoms with van der Waals surface area (Å²) in [6, 6.07) is -0.144. The average Bonchev–Trinajstić information content (AvgIpc) is 3.17. The first-order valence-electron chi connectivity index (χ1n) is 6.81. The van der Waals surface area contributed by atoms with Gasteiger partial charge in [0.15, 0.2) is 10.3 Å². The van der Waals surface area contributed by atoms with Crippen molar-refractivity contribution in [3.05, 3.63) is 27.3 Å². The average molecular weight is 327 g/mol. The quantitative estimate of drug-likeness (QED) is 0.865. The van der Waals surface area contributed by atoms with Gasteiger partial charge in [-0.15, -0.1) is 11.3 Å². The molecule has 0 N–H and O–H groups in total. The molecule has 3 heterocycles. The fourth-order valence-corrected chi connectivity index (χ4v) is 3.13. The Morgan fingerprint density at radius 3 is 2.95 bits per heavy atom. The molecule has 0 bridgehead atoms. The van der Waals surface area contributed by atoms with Gasteiger partial charge in [-0.3, -0.25) is 4.79 Å². The number of carbonyl (C=O) groups is 1. The molecule has 21 heavy (non-hydrogen) atoms. The smallest absolute Gasteiger partial charge is 0.274 e. The molecular weight excluding hydrogens is 312 g/mol. The zero-order valence-electron chi connectivity index (χ0n) is 11.7. The van der Waals surface area contributed by atoms with Crippen molar-refractivity contribution >= 4 is 28.8 Å². The first kappa shape index (κ1) is 14.5. The molecule has 8 heteroatoms. The highest BCUT2D eigenvalue weighted by Crippen LogP contribution is 2.32. The minimum atomic E-state index is -0.144. The number of carbonyl (C=O) groups excluding carboxylic acids is 1. The molecule has 1 atom stereocenters. The SMILES string of the molecule is CC(C)c1nc([C@H]2CCCN2C(=O)c2csc(Cl)n2)no1. The van der Waals surface area contributed by atoms with E-state index in [0.29, 0.717) is 28.4 Å². The van der Waals surface area contributed by atoms with Crippen molar-refractivity contribution in [2.24, 2.45) is 0 Å². The van der Waals surface area contributed by atoms with Crippen molar-refractivity contribution in [1.82, 2.24) is 20.0 Å². The van der Waals surface area contributed by atoms with Crippen molar-refractivity contribution in [2.75, 3.05) is 6.54 Å². The van der Waals surface area contributed by atoms with Crippen molar-refractivity contribution < 1.29 is 9.32 Å². The minimum Gasteiger partial charge on any atom is -0.339 e. The summed E-state index contributed by atoms with van der Waals surface area (Å²) in [5, 5.41) is 5.70. The Hall–Kier alpha value is -1.47.